The number of esters is 1. The van der Waals surface area contributed by atoms with Crippen LogP contribution in [0.3, 0.4) is 0 Å². The summed E-state index contributed by atoms with van der Waals surface area (Å²) in [5.41, 5.74) is 1.38. The predicted molar refractivity (Wildman–Crippen MR) is 87.9 cm³/mol. The van der Waals surface area contributed by atoms with Gasteiger partial charge in [0.1, 0.15) is 17.0 Å². The quantitative estimate of drug-likeness (QED) is 0.743. The van der Waals surface area contributed by atoms with Crippen molar-refractivity contribution in [1.29, 1.82) is 0 Å². The number of rotatable bonds is 4. The molecule has 0 unspecified atom stereocenters. The molecule has 5 nitrogen and oxygen atoms in total. The van der Waals surface area contributed by atoms with Crippen LogP contribution in [0.2, 0.25) is 0 Å². The van der Waals surface area contributed by atoms with E-state index in [-0.39, 0.29) is 5.97 Å². The van der Waals surface area contributed by atoms with Crippen LogP contribution in [0.5, 0.6) is 0 Å². The van der Waals surface area contributed by atoms with E-state index in [2.05, 4.69) is 33.0 Å². The Morgan fingerprint density at radius 2 is 2.05 bits per heavy atom. The molecule has 0 aliphatic rings. The van der Waals surface area contributed by atoms with Gasteiger partial charge in [0.15, 0.2) is 0 Å². The lowest BCUT2D eigenvalue weighted by Crippen LogP contribution is -2.01. The van der Waals surface area contributed by atoms with Gasteiger partial charge in [-0.25, -0.2) is 14.8 Å². The molecule has 1 N–H and O–H groups in total. The van der Waals surface area contributed by atoms with Crippen LogP contribution in [0.1, 0.15) is 22.2 Å². The molecule has 0 amide bonds. The summed E-state index contributed by atoms with van der Waals surface area (Å²) < 4.78 is 4.69. The number of aromatic nitrogens is 2. The monoisotopic (exact) mass is 313 g/mol. The minimum Gasteiger partial charge on any atom is -0.465 e. The van der Waals surface area contributed by atoms with Crippen molar-refractivity contribution in [2.75, 3.05) is 12.4 Å². The van der Waals surface area contributed by atoms with Crippen LogP contribution >= 0.6 is 11.3 Å². The smallest absolute Gasteiger partial charge is 0.337 e. The van der Waals surface area contributed by atoms with E-state index in [1.807, 2.05) is 12.1 Å². The molecule has 0 saturated heterocycles. The summed E-state index contributed by atoms with van der Waals surface area (Å²) in [6, 6.07) is 9.21. The molecule has 0 aliphatic carbocycles. The van der Waals surface area contributed by atoms with Gasteiger partial charge in [0, 0.05) is 10.6 Å². The van der Waals surface area contributed by atoms with Gasteiger partial charge in [-0.2, -0.15) is 0 Å². The first kappa shape index (κ1) is 14.5. The van der Waals surface area contributed by atoms with Crippen LogP contribution in [0.15, 0.2) is 36.7 Å². The Morgan fingerprint density at radius 1 is 1.27 bits per heavy atom. The maximum absolute atomic E-state index is 11.4. The molecule has 0 aliphatic heterocycles. The van der Waals surface area contributed by atoms with E-state index < -0.39 is 0 Å². The molecule has 1 aromatic carbocycles. The molecule has 0 saturated carbocycles. The summed E-state index contributed by atoms with van der Waals surface area (Å²) in [5, 5.41) is 4.29. The highest BCUT2D eigenvalue weighted by molar-refractivity contribution is 7.18. The summed E-state index contributed by atoms with van der Waals surface area (Å²) in [4.78, 5) is 22.3. The van der Waals surface area contributed by atoms with Crippen molar-refractivity contribution >= 4 is 39.0 Å². The average molecular weight is 313 g/mol. The largest absolute Gasteiger partial charge is 0.465 e. The van der Waals surface area contributed by atoms with Crippen molar-refractivity contribution in [2.24, 2.45) is 0 Å². The Bertz CT molecular complexity index is 812. The molecule has 3 aromatic rings. The third-order valence-electron chi connectivity index (χ3n) is 3.30. The number of nitrogens with zero attached hydrogens (tertiary/aromatic N) is 2. The summed E-state index contributed by atoms with van der Waals surface area (Å²) in [5.74, 6) is 0.424. The van der Waals surface area contributed by atoms with E-state index in [0.717, 1.165) is 28.1 Å². The first-order valence-electron chi connectivity index (χ1n) is 6.90. The fraction of sp³-hybridized carbons (Fsp3) is 0.188. The first-order chi connectivity index (χ1) is 10.7. The average Bonchev–Trinajstić information content (AvgIpc) is 2.99. The fourth-order valence-electron chi connectivity index (χ4n) is 2.12. The highest BCUT2D eigenvalue weighted by Gasteiger charge is 2.09. The molecule has 112 valence electrons. The number of hydrogen-bond acceptors (Lipinski definition) is 6. The Labute approximate surface area is 132 Å². The summed E-state index contributed by atoms with van der Waals surface area (Å²) >= 11 is 1.68. The normalized spacial score (nSPS) is 10.6. The van der Waals surface area contributed by atoms with Gasteiger partial charge in [0.05, 0.1) is 18.1 Å². The van der Waals surface area contributed by atoms with Gasteiger partial charge in [-0.3, -0.25) is 0 Å². The van der Waals surface area contributed by atoms with E-state index in [1.165, 1.54) is 12.0 Å². The fourth-order valence-corrected chi connectivity index (χ4v) is 3.06. The predicted octanol–water partition coefficient (Wildman–Crippen LogP) is 3.78. The molecule has 0 bridgehead atoms. The van der Waals surface area contributed by atoms with Crippen molar-refractivity contribution in [2.45, 2.75) is 13.3 Å². The number of carbonyl (C=O) groups excluding carboxylic acids is 1. The topological polar surface area (TPSA) is 64.1 Å². The molecule has 2 heterocycles. The first-order valence-corrected chi connectivity index (χ1v) is 7.71. The summed E-state index contributed by atoms with van der Waals surface area (Å²) in [7, 11) is 1.37. The van der Waals surface area contributed by atoms with Crippen LogP contribution in [0.25, 0.3) is 10.2 Å². The van der Waals surface area contributed by atoms with Gasteiger partial charge in [0.25, 0.3) is 0 Å². The number of hydrogen-bond donors (Lipinski definition) is 1. The number of benzene rings is 1. The Hall–Kier alpha value is -2.47. The molecule has 0 spiro atoms. The van der Waals surface area contributed by atoms with E-state index >= 15 is 0 Å². The minimum absolute atomic E-state index is 0.346. The molecule has 0 atom stereocenters. The summed E-state index contributed by atoms with van der Waals surface area (Å²) in [6.07, 6.45) is 2.54. The molecule has 6 heteroatoms. The second kappa shape index (κ2) is 6.11. The van der Waals surface area contributed by atoms with Crippen LogP contribution < -0.4 is 5.32 Å². The lowest BCUT2D eigenvalue weighted by molar-refractivity contribution is 0.0601. The van der Waals surface area contributed by atoms with Gasteiger partial charge in [0.2, 0.25) is 0 Å². The highest BCUT2D eigenvalue weighted by Crippen LogP contribution is 2.30. The van der Waals surface area contributed by atoms with Crippen molar-refractivity contribution in [3.8, 4) is 0 Å². The minimum atomic E-state index is -0.346. The van der Waals surface area contributed by atoms with Crippen molar-refractivity contribution in [3.63, 3.8) is 0 Å². The number of carbonyl (C=O) groups is 1. The van der Waals surface area contributed by atoms with Gasteiger partial charge < -0.3 is 10.1 Å². The molecule has 0 radical (unpaired) electrons. The standard InChI is InChI=1S/C16H15N3O2S/c1-3-12-8-13-14(17-9-18-15(13)22-12)19-11-6-4-10(5-7-11)16(20)21-2/h4-9H,3H2,1-2H3,(H,17,18,19). The third-order valence-corrected chi connectivity index (χ3v) is 4.49. The zero-order valence-electron chi connectivity index (χ0n) is 12.3. The summed E-state index contributed by atoms with van der Waals surface area (Å²) in [6.45, 7) is 2.12. The highest BCUT2D eigenvalue weighted by atomic mass is 32.1. The lowest BCUT2D eigenvalue weighted by Gasteiger charge is -2.07. The maximum atomic E-state index is 11.4. The lowest BCUT2D eigenvalue weighted by atomic mass is 10.2. The second-order valence-corrected chi connectivity index (χ2v) is 5.82. The van der Waals surface area contributed by atoms with Crippen LogP contribution in [0.4, 0.5) is 11.5 Å². The number of anilines is 2. The number of aryl methyl sites for hydroxylation is 1. The molecule has 2 aromatic heterocycles. The van der Waals surface area contributed by atoms with Crippen molar-refractivity contribution < 1.29 is 9.53 Å². The zero-order valence-corrected chi connectivity index (χ0v) is 13.1. The molecular formula is C16H15N3O2S. The van der Waals surface area contributed by atoms with Gasteiger partial charge in [-0.1, -0.05) is 6.92 Å². The van der Waals surface area contributed by atoms with Crippen molar-refractivity contribution in [1.82, 2.24) is 9.97 Å². The number of methoxy groups -OCH3 is 1. The number of ether oxygens (including phenoxy) is 1. The van der Waals surface area contributed by atoms with Crippen LogP contribution in [-0.2, 0) is 11.2 Å². The van der Waals surface area contributed by atoms with Crippen LogP contribution in [0, 0.1) is 0 Å². The van der Waals surface area contributed by atoms with Crippen LogP contribution in [-0.4, -0.2) is 23.0 Å². The maximum Gasteiger partial charge on any atom is 0.337 e. The van der Waals surface area contributed by atoms with E-state index in [4.69, 9.17) is 0 Å². The number of nitrogens with one attached hydrogen (secondary N) is 1. The Morgan fingerprint density at radius 3 is 2.73 bits per heavy atom. The third kappa shape index (κ3) is 2.78. The SMILES string of the molecule is CCc1cc2c(Nc3ccc(C(=O)OC)cc3)ncnc2s1. The second-order valence-electron chi connectivity index (χ2n) is 4.70. The molecule has 22 heavy (non-hydrogen) atoms. The van der Waals surface area contributed by atoms with Gasteiger partial charge in [-0.15, -0.1) is 11.3 Å². The Kier molecular flexibility index (Phi) is 4.02. The number of thiophene rings is 1. The van der Waals surface area contributed by atoms with E-state index in [9.17, 15) is 4.79 Å². The van der Waals surface area contributed by atoms with Gasteiger partial charge >= 0.3 is 5.97 Å². The number of fused-ring (bicyclic) bond motifs is 1. The Balaban J connectivity index is 1.89. The van der Waals surface area contributed by atoms with E-state index in [0.29, 0.717) is 5.56 Å². The van der Waals surface area contributed by atoms with Gasteiger partial charge in [-0.05, 0) is 36.8 Å². The molecular weight excluding hydrogens is 298 g/mol. The van der Waals surface area contributed by atoms with E-state index in [1.54, 1.807) is 29.8 Å². The molecule has 3 rings (SSSR count). The molecule has 0 fully saturated rings. The zero-order chi connectivity index (χ0) is 15.5. The van der Waals surface area contributed by atoms with Crippen molar-refractivity contribution in [3.05, 3.63) is 47.1 Å².